The molecule has 1 fully saturated rings. The van der Waals surface area contributed by atoms with E-state index in [4.69, 9.17) is 26.1 Å². The number of rotatable bonds is 3. The predicted octanol–water partition coefficient (Wildman–Crippen LogP) is 6.04. The highest BCUT2D eigenvalue weighted by Gasteiger charge is 2.28. The Balaban J connectivity index is 1.42. The number of aromatic nitrogens is 2. The molecule has 0 atom stereocenters. The number of benzene rings is 1. The van der Waals surface area contributed by atoms with Crippen molar-refractivity contribution in [2.75, 3.05) is 38.2 Å². The van der Waals surface area contributed by atoms with Crippen LogP contribution in [0.4, 0.5) is 9.80 Å². The minimum atomic E-state index is -0.500. The molecule has 3 heterocycles. The molecule has 1 aliphatic heterocycles. The molecular weight excluding hydrogens is 484 g/mol. The lowest BCUT2D eigenvalue weighted by molar-refractivity contribution is 0.0241. The largest absolute Gasteiger partial charge is 0.497 e. The Bertz CT molecular complexity index is 1310. The summed E-state index contributed by atoms with van der Waals surface area (Å²) in [6.45, 7) is 8.23. The number of hydrogen-bond acceptors (Lipinski definition) is 7. The Labute approximate surface area is 214 Å². The zero-order valence-electron chi connectivity index (χ0n) is 20.4. The van der Waals surface area contributed by atoms with Crippen LogP contribution >= 0.6 is 23.1 Å². The third-order valence-electron chi connectivity index (χ3n) is 6.22. The van der Waals surface area contributed by atoms with E-state index in [1.165, 1.54) is 17.1 Å². The molecular formula is C26H29ClN4O3S. The van der Waals surface area contributed by atoms with Crippen molar-refractivity contribution >= 4 is 51.3 Å². The van der Waals surface area contributed by atoms with Gasteiger partial charge in [0.25, 0.3) is 0 Å². The summed E-state index contributed by atoms with van der Waals surface area (Å²) in [4.78, 5) is 21.3. The van der Waals surface area contributed by atoms with Crippen LogP contribution in [0.2, 0.25) is 5.02 Å². The Kier molecular flexibility index (Phi) is 6.36. The van der Waals surface area contributed by atoms with Crippen LogP contribution in [0.15, 0.2) is 24.3 Å². The van der Waals surface area contributed by atoms with Gasteiger partial charge in [0.1, 0.15) is 16.4 Å². The van der Waals surface area contributed by atoms with Crippen molar-refractivity contribution in [1.29, 1.82) is 0 Å². The Morgan fingerprint density at radius 2 is 1.91 bits per heavy atom. The number of allylic oxidation sites excluding steroid dienone is 1. The summed E-state index contributed by atoms with van der Waals surface area (Å²) in [6.07, 6.45) is 6.04. The Morgan fingerprint density at radius 3 is 2.63 bits per heavy atom. The zero-order valence-corrected chi connectivity index (χ0v) is 22.0. The molecule has 0 spiro atoms. The van der Waals surface area contributed by atoms with E-state index in [1.807, 2.05) is 32.9 Å². The third kappa shape index (κ3) is 4.82. The number of piperazine rings is 1. The van der Waals surface area contributed by atoms with Gasteiger partial charge >= 0.3 is 6.09 Å². The third-order valence-corrected chi connectivity index (χ3v) is 7.42. The molecule has 0 unspecified atom stereocenters. The smallest absolute Gasteiger partial charge is 0.410 e. The van der Waals surface area contributed by atoms with Gasteiger partial charge in [-0.2, -0.15) is 4.37 Å². The molecule has 0 bridgehead atoms. The first-order chi connectivity index (χ1) is 16.7. The second-order valence-electron chi connectivity index (χ2n) is 9.82. The number of methoxy groups -OCH3 is 1. The Morgan fingerprint density at radius 1 is 1.14 bits per heavy atom. The first-order valence-corrected chi connectivity index (χ1v) is 13.0. The average Bonchev–Trinajstić information content (AvgIpc) is 3.24. The highest BCUT2D eigenvalue weighted by atomic mass is 35.5. The molecule has 1 aromatic carbocycles. The number of pyridine rings is 1. The number of anilines is 1. The van der Waals surface area contributed by atoms with E-state index >= 15 is 0 Å². The van der Waals surface area contributed by atoms with Crippen LogP contribution in [0.5, 0.6) is 5.75 Å². The molecule has 2 aromatic heterocycles. The highest BCUT2D eigenvalue weighted by Crippen LogP contribution is 2.40. The van der Waals surface area contributed by atoms with Crippen LogP contribution < -0.4 is 9.64 Å². The van der Waals surface area contributed by atoms with Gasteiger partial charge in [-0.3, -0.25) is 0 Å². The van der Waals surface area contributed by atoms with Crippen LogP contribution in [0.1, 0.15) is 38.3 Å². The van der Waals surface area contributed by atoms with Crippen molar-refractivity contribution in [3.8, 4) is 17.0 Å². The normalized spacial score (nSPS) is 15.9. The van der Waals surface area contributed by atoms with E-state index in [0.717, 1.165) is 40.1 Å². The van der Waals surface area contributed by atoms with Crippen molar-refractivity contribution in [2.45, 2.75) is 39.2 Å². The number of amides is 1. The number of carbonyl (C=O) groups is 1. The lowest BCUT2D eigenvalue weighted by Crippen LogP contribution is -2.50. The molecule has 5 rings (SSSR count). The van der Waals surface area contributed by atoms with E-state index in [0.29, 0.717) is 42.5 Å². The van der Waals surface area contributed by atoms with Gasteiger partial charge in [0.2, 0.25) is 0 Å². The standard InChI is InChI=1S/C26H29ClN4O3S/c1-26(2,3)34-25(32)31-11-9-30(10-12-31)24-20-15-21(27)22(28-23(20)29-35-24)19-14-17(33-4)13-16-7-5-6-8-18(16)19/h6,8,13-15H,5,7,9-12H2,1-4H3. The van der Waals surface area contributed by atoms with E-state index in [1.54, 1.807) is 12.0 Å². The van der Waals surface area contributed by atoms with Crippen molar-refractivity contribution < 1.29 is 14.3 Å². The predicted molar refractivity (Wildman–Crippen MR) is 142 cm³/mol. The number of aryl methyl sites for hydroxylation is 1. The summed E-state index contributed by atoms with van der Waals surface area (Å²) in [7, 11) is 1.68. The first kappa shape index (κ1) is 23.9. The minimum Gasteiger partial charge on any atom is -0.497 e. The summed E-state index contributed by atoms with van der Waals surface area (Å²) in [5, 5.41) is 2.54. The van der Waals surface area contributed by atoms with E-state index in [9.17, 15) is 4.79 Å². The summed E-state index contributed by atoms with van der Waals surface area (Å²) in [5.41, 5.74) is 4.23. The molecule has 1 aliphatic carbocycles. The average molecular weight is 513 g/mol. The Hall–Kier alpha value is -2.84. The fraction of sp³-hybridized carbons (Fsp3) is 0.423. The molecule has 0 radical (unpaired) electrons. The SMILES string of the molecule is COc1cc2c(c(-c3nc4nsc(N5CCN(C(=O)OC(C)(C)C)CC5)c4cc3Cl)c1)C=CCC2. The van der Waals surface area contributed by atoms with Gasteiger partial charge in [-0.15, -0.1) is 0 Å². The van der Waals surface area contributed by atoms with Gasteiger partial charge < -0.3 is 19.3 Å². The second-order valence-corrected chi connectivity index (χ2v) is 11.0. The molecule has 7 nitrogen and oxygen atoms in total. The van der Waals surface area contributed by atoms with Crippen LogP contribution in [-0.4, -0.2) is 59.2 Å². The lowest BCUT2D eigenvalue weighted by Gasteiger charge is -2.36. The van der Waals surface area contributed by atoms with Gasteiger partial charge in [0, 0.05) is 31.7 Å². The van der Waals surface area contributed by atoms with Gasteiger partial charge in [-0.05, 0) is 74.5 Å². The van der Waals surface area contributed by atoms with Crippen molar-refractivity contribution in [1.82, 2.24) is 14.3 Å². The van der Waals surface area contributed by atoms with Gasteiger partial charge in [-0.1, -0.05) is 23.8 Å². The maximum Gasteiger partial charge on any atom is 0.410 e. The van der Waals surface area contributed by atoms with Crippen LogP contribution in [0.3, 0.4) is 0 Å². The topological polar surface area (TPSA) is 67.8 Å². The quantitative estimate of drug-likeness (QED) is 0.426. The first-order valence-electron chi connectivity index (χ1n) is 11.8. The molecule has 1 amide bonds. The molecule has 3 aromatic rings. The molecule has 35 heavy (non-hydrogen) atoms. The lowest BCUT2D eigenvalue weighted by atomic mass is 9.91. The van der Waals surface area contributed by atoms with E-state index < -0.39 is 5.60 Å². The maximum absolute atomic E-state index is 12.4. The fourth-order valence-electron chi connectivity index (χ4n) is 4.52. The minimum absolute atomic E-state index is 0.267. The molecule has 1 saturated heterocycles. The second kappa shape index (κ2) is 9.32. The molecule has 2 aliphatic rings. The number of ether oxygens (including phenoxy) is 2. The molecule has 9 heteroatoms. The number of fused-ring (bicyclic) bond motifs is 2. The van der Waals surface area contributed by atoms with E-state index in [-0.39, 0.29) is 6.09 Å². The van der Waals surface area contributed by atoms with Crippen molar-refractivity contribution in [3.05, 3.63) is 40.4 Å². The fourth-order valence-corrected chi connectivity index (χ4v) is 5.63. The maximum atomic E-state index is 12.4. The van der Waals surface area contributed by atoms with Crippen LogP contribution in [0, 0.1) is 0 Å². The van der Waals surface area contributed by atoms with Crippen molar-refractivity contribution in [2.24, 2.45) is 0 Å². The van der Waals surface area contributed by atoms with Crippen LogP contribution in [0.25, 0.3) is 28.4 Å². The summed E-state index contributed by atoms with van der Waals surface area (Å²) >= 11 is 8.25. The molecule has 184 valence electrons. The molecule has 0 saturated carbocycles. The van der Waals surface area contributed by atoms with Gasteiger partial charge in [-0.25, -0.2) is 9.78 Å². The van der Waals surface area contributed by atoms with E-state index in [2.05, 4.69) is 27.5 Å². The number of carbonyl (C=O) groups excluding carboxylic acids is 1. The monoisotopic (exact) mass is 512 g/mol. The van der Waals surface area contributed by atoms with Crippen LogP contribution in [-0.2, 0) is 11.2 Å². The summed E-state index contributed by atoms with van der Waals surface area (Å²) < 4.78 is 15.7. The number of halogens is 1. The molecule has 0 N–H and O–H groups in total. The van der Waals surface area contributed by atoms with Crippen molar-refractivity contribution in [3.63, 3.8) is 0 Å². The number of hydrogen-bond donors (Lipinski definition) is 0. The summed E-state index contributed by atoms with van der Waals surface area (Å²) in [6, 6.07) is 6.06. The van der Waals surface area contributed by atoms with Gasteiger partial charge in [0.15, 0.2) is 5.65 Å². The highest BCUT2D eigenvalue weighted by molar-refractivity contribution is 7.11. The number of nitrogens with zero attached hydrogens (tertiary/aromatic N) is 4. The summed E-state index contributed by atoms with van der Waals surface area (Å²) in [5.74, 6) is 0.800. The van der Waals surface area contributed by atoms with Gasteiger partial charge in [0.05, 0.1) is 23.2 Å². The zero-order chi connectivity index (χ0) is 24.7.